The quantitative estimate of drug-likeness (QED) is 0.771. The van der Waals surface area contributed by atoms with Crippen molar-refractivity contribution < 1.29 is 14.2 Å². The van der Waals surface area contributed by atoms with Crippen LogP contribution >= 0.6 is 0 Å². The smallest absolute Gasteiger partial charge is 0.208 e. The van der Waals surface area contributed by atoms with Crippen LogP contribution in [0.5, 0.6) is 0 Å². The first-order chi connectivity index (χ1) is 9.73. The van der Waals surface area contributed by atoms with Gasteiger partial charge in [-0.25, -0.2) is 0 Å². The first-order valence-corrected chi connectivity index (χ1v) is 7.47. The summed E-state index contributed by atoms with van der Waals surface area (Å²) >= 11 is 0. The Morgan fingerprint density at radius 2 is 2.05 bits per heavy atom. The van der Waals surface area contributed by atoms with Crippen LogP contribution < -0.4 is 0 Å². The van der Waals surface area contributed by atoms with E-state index in [4.69, 9.17) is 14.2 Å². The predicted molar refractivity (Wildman–Crippen MR) is 75.0 cm³/mol. The monoisotopic (exact) mass is 272 g/mol. The lowest BCUT2D eigenvalue weighted by Crippen LogP contribution is -2.43. The zero-order valence-electron chi connectivity index (χ0n) is 12.0. The third-order valence-electron chi connectivity index (χ3n) is 4.74. The number of hydrogen-bond donors (Lipinski definition) is 0. The summed E-state index contributed by atoms with van der Waals surface area (Å²) in [6.45, 7) is 5.04. The Balaban J connectivity index is 1.76. The Bertz CT molecular complexity index is 548. The summed E-state index contributed by atoms with van der Waals surface area (Å²) < 4.78 is 18.3. The second kappa shape index (κ2) is 4.42. The van der Waals surface area contributed by atoms with E-state index in [9.17, 15) is 0 Å². The number of fused-ring (bicyclic) bond motifs is 1. The maximum atomic E-state index is 6.12. The summed E-state index contributed by atoms with van der Waals surface area (Å²) in [6, 6.07) is 8.50. The van der Waals surface area contributed by atoms with Gasteiger partial charge in [0.1, 0.15) is 6.10 Å². The van der Waals surface area contributed by atoms with Crippen molar-refractivity contribution in [2.45, 2.75) is 44.9 Å². The molecule has 3 heteroatoms. The molecule has 2 fully saturated rings. The van der Waals surface area contributed by atoms with Crippen LogP contribution in [0.1, 0.15) is 37.0 Å². The molecule has 3 aliphatic rings. The first kappa shape index (κ1) is 12.6. The molecule has 0 aliphatic carbocycles. The van der Waals surface area contributed by atoms with Crippen molar-refractivity contribution in [1.82, 2.24) is 0 Å². The van der Waals surface area contributed by atoms with Gasteiger partial charge in [-0.2, -0.15) is 0 Å². The van der Waals surface area contributed by atoms with Crippen LogP contribution in [0.2, 0.25) is 0 Å². The standard InChI is InChI=1S/C17H20O3/c1-3-12-10-15-19-16(13-6-4-11(2)5-7-13)17(20-15)14(12)8-9-18-17/h4-7,10,14-16H,3,8-9H2,1-2H3/t14-,15+,16+,17-/m0/s1. The van der Waals surface area contributed by atoms with E-state index >= 15 is 0 Å². The van der Waals surface area contributed by atoms with Crippen molar-refractivity contribution in [2.24, 2.45) is 5.92 Å². The van der Waals surface area contributed by atoms with Crippen LogP contribution in [-0.2, 0) is 14.2 Å². The lowest BCUT2D eigenvalue weighted by molar-refractivity contribution is -0.221. The number of hydrogen-bond acceptors (Lipinski definition) is 3. The van der Waals surface area contributed by atoms with Gasteiger partial charge in [0.25, 0.3) is 0 Å². The highest BCUT2D eigenvalue weighted by Gasteiger charge is 2.61. The van der Waals surface area contributed by atoms with Crippen molar-refractivity contribution >= 4 is 0 Å². The van der Waals surface area contributed by atoms with Gasteiger partial charge >= 0.3 is 0 Å². The van der Waals surface area contributed by atoms with Crippen LogP contribution in [0.15, 0.2) is 35.9 Å². The zero-order chi connectivity index (χ0) is 13.7. The Hall–Kier alpha value is -1.16. The van der Waals surface area contributed by atoms with Crippen molar-refractivity contribution in [3.05, 3.63) is 47.0 Å². The summed E-state index contributed by atoms with van der Waals surface area (Å²) in [6.07, 6.45) is 3.83. The molecule has 0 radical (unpaired) electrons. The Morgan fingerprint density at radius 3 is 2.80 bits per heavy atom. The second-order valence-electron chi connectivity index (χ2n) is 5.92. The van der Waals surface area contributed by atoms with Gasteiger partial charge in [-0.3, -0.25) is 0 Å². The van der Waals surface area contributed by atoms with E-state index in [1.807, 2.05) is 0 Å². The molecule has 3 aliphatic heterocycles. The average molecular weight is 272 g/mol. The number of benzene rings is 1. The lowest BCUT2D eigenvalue weighted by Gasteiger charge is -2.36. The zero-order valence-corrected chi connectivity index (χ0v) is 12.0. The highest BCUT2D eigenvalue weighted by molar-refractivity contribution is 5.30. The highest BCUT2D eigenvalue weighted by atomic mass is 16.8. The maximum absolute atomic E-state index is 6.12. The third kappa shape index (κ3) is 1.63. The molecular weight excluding hydrogens is 252 g/mol. The normalized spacial score (nSPS) is 38.7. The fourth-order valence-electron chi connectivity index (χ4n) is 3.74. The van der Waals surface area contributed by atoms with Crippen molar-refractivity contribution in [3.8, 4) is 0 Å². The minimum Gasteiger partial charge on any atom is -0.347 e. The second-order valence-corrected chi connectivity index (χ2v) is 5.92. The Kier molecular flexibility index (Phi) is 2.78. The van der Waals surface area contributed by atoms with Gasteiger partial charge in [0, 0.05) is 5.92 Å². The molecule has 2 saturated heterocycles. The first-order valence-electron chi connectivity index (χ1n) is 7.47. The SMILES string of the molecule is CCC1=C[C@@H]2O[C@H](c3ccc(C)cc3)[C@@]3(OCC[C@@H]13)O2. The van der Waals surface area contributed by atoms with Gasteiger partial charge in [0.05, 0.1) is 6.61 Å². The molecule has 4 atom stereocenters. The summed E-state index contributed by atoms with van der Waals surface area (Å²) in [5.74, 6) is -0.266. The van der Waals surface area contributed by atoms with E-state index in [0.717, 1.165) is 25.0 Å². The third-order valence-corrected chi connectivity index (χ3v) is 4.74. The fourth-order valence-corrected chi connectivity index (χ4v) is 3.74. The molecular formula is C17H20O3. The molecule has 4 rings (SSSR count). The average Bonchev–Trinajstić information content (AvgIpc) is 3.02. The van der Waals surface area contributed by atoms with Gasteiger partial charge in [-0.1, -0.05) is 42.3 Å². The van der Waals surface area contributed by atoms with Gasteiger partial charge < -0.3 is 14.2 Å². The molecule has 0 unspecified atom stereocenters. The van der Waals surface area contributed by atoms with Gasteiger partial charge in [-0.05, 0) is 31.4 Å². The van der Waals surface area contributed by atoms with E-state index in [0.29, 0.717) is 5.92 Å². The van der Waals surface area contributed by atoms with E-state index in [1.54, 1.807) is 0 Å². The van der Waals surface area contributed by atoms with Crippen LogP contribution in [0, 0.1) is 12.8 Å². The maximum Gasteiger partial charge on any atom is 0.208 e. The van der Waals surface area contributed by atoms with Crippen LogP contribution in [-0.4, -0.2) is 18.7 Å². The predicted octanol–water partition coefficient (Wildman–Crippen LogP) is 3.49. The molecule has 0 amide bonds. The van der Waals surface area contributed by atoms with Gasteiger partial charge in [0.15, 0.2) is 6.29 Å². The minimum absolute atomic E-state index is 0.124. The van der Waals surface area contributed by atoms with E-state index < -0.39 is 5.79 Å². The molecule has 2 bridgehead atoms. The topological polar surface area (TPSA) is 27.7 Å². The number of aryl methyl sites for hydroxylation is 1. The molecule has 0 saturated carbocycles. The van der Waals surface area contributed by atoms with Crippen molar-refractivity contribution in [2.75, 3.05) is 6.61 Å². The number of rotatable bonds is 2. The van der Waals surface area contributed by atoms with Crippen molar-refractivity contribution in [1.29, 1.82) is 0 Å². The largest absolute Gasteiger partial charge is 0.347 e. The number of ether oxygens (including phenoxy) is 3. The van der Waals surface area contributed by atoms with E-state index in [-0.39, 0.29) is 12.4 Å². The molecule has 1 spiro atoms. The van der Waals surface area contributed by atoms with Crippen molar-refractivity contribution in [3.63, 3.8) is 0 Å². The molecule has 0 N–H and O–H groups in total. The summed E-state index contributed by atoms with van der Waals surface area (Å²) in [4.78, 5) is 0. The van der Waals surface area contributed by atoms with Gasteiger partial charge in [-0.15, -0.1) is 0 Å². The minimum atomic E-state index is -0.597. The highest BCUT2D eigenvalue weighted by Crippen LogP contribution is 2.56. The Morgan fingerprint density at radius 1 is 1.25 bits per heavy atom. The van der Waals surface area contributed by atoms with Crippen LogP contribution in [0.25, 0.3) is 0 Å². The molecule has 1 aromatic rings. The van der Waals surface area contributed by atoms with Crippen LogP contribution in [0.4, 0.5) is 0 Å². The summed E-state index contributed by atoms with van der Waals surface area (Å²) in [5, 5.41) is 0. The molecule has 0 aromatic heterocycles. The van der Waals surface area contributed by atoms with Gasteiger partial charge in [0.2, 0.25) is 5.79 Å². The Labute approximate surface area is 119 Å². The van der Waals surface area contributed by atoms with E-state index in [2.05, 4.69) is 44.2 Å². The molecule has 3 nitrogen and oxygen atoms in total. The summed E-state index contributed by atoms with van der Waals surface area (Å²) in [5.41, 5.74) is 3.83. The van der Waals surface area contributed by atoms with Crippen LogP contribution in [0.3, 0.4) is 0 Å². The molecule has 106 valence electrons. The van der Waals surface area contributed by atoms with E-state index in [1.165, 1.54) is 11.1 Å². The molecule has 1 aromatic carbocycles. The lowest BCUT2D eigenvalue weighted by atomic mass is 9.82. The molecule has 3 heterocycles. The summed E-state index contributed by atoms with van der Waals surface area (Å²) in [7, 11) is 0. The fraction of sp³-hybridized carbons (Fsp3) is 0.529. The molecule has 20 heavy (non-hydrogen) atoms.